The average Bonchev–Trinajstić information content (AvgIpc) is 3.38. The van der Waals surface area contributed by atoms with E-state index in [1.165, 1.54) is 12.1 Å². The number of piperidine rings is 1. The molecular weight excluding hydrogens is 483 g/mol. The van der Waals surface area contributed by atoms with Gasteiger partial charge in [-0.25, -0.2) is 4.39 Å². The number of benzene rings is 2. The van der Waals surface area contributed by atoms with Gasteiger partial charge in [0.15, 0.2) is 0 Å². The van der Waals surface area contributed by atoms with Crippen LogP contribution in [0.2, 0.25) is 0 Å². The molecule has 2 aromatic carbocycles. The van der Waals surface area contributed by atoms with E-state index in [2.05, 4.69) is 10.2 Å². The zero-order valence-corrected chi connectivity index (χ0v) is 22.0. The molecule has 7 nitrogen and oxygen atoms in total. The van der Waals surface area contributed by atoms with Crippen LogP contribution in [0.5, 0.6) is 0 Å². The van der Waals surface area contributed by atoms with Gasteiger partial charge in [-0.1, -0.05) is 25.0 Å². The first kappa shape index (κ1) is 26.2. The van der Waals surface area contributed by atoms with Crippen molar-refractivity contribution in [2.45, 2.75) is 51.4 Å². The van der Waals surface area contributed by atoms with E-state index in [9.17, 15) is 18.8 Å². The maximum atomic E-state index is 14.2. The molecule has 2 aromatic rings. The molecule has 0 atom stereocenters. The molecule has 1 saturated carbocycles. The summed E-state index contributed by atoms with van der Waals surface area (Å²) < 4.78 is 14.2. The highest BCUT2D eigenvalue weighted by atomic mass is 19.1. The van der Waals surface area contributed by atoms with Gasteiger partial charge in [0.1, 0.15) is 5.82 Å². The normalized spacial score (nSPS) is 18.8. The number of carbonyl (C=O) groups is 3. The molecule has 2 saturated heterocycles. The lowest BCUT2D eigenvalue weighted by atomic mass is 10.1. The largest absolute Gasteiger partial charge is 0.369 e. The molecule has 3 amide bonds. The maximum absolute atomic E-state index is 14.2. The molecule has 202 valence electrons. The number of nitrogens with one attached hydrogen (secondary N) is 1. The zero-order chi connectivity index (χ0) is 26.5. The Kier molecular flexibility index (Phi) is 8.25. The second-order valence-corrected chi connectivity index (χ2v) is 10.7. The van der Waals surface area contributed by atoms with Crippen LogP contribution in [0.4, 0.5) is 15.8 Å². The highest BCUT2D eigenvalue weighted by Crippen LogP contribution is 2.30. The number of amides is 3. The second kappa shape index (κ2) is 12.0. The van der Waals surface area contributed by atoms with E-state index in [4.69, 9.17) is 0 Å². The van der Waals surface area contributed by atoms with Crippen LogP contribution in [0.1, 0.15) is 72.1 Å². The van der Waals surface area contributed by atoms with Crippen LogP contribution in [0.3, 0.4) is 0 Å². The molecule has 0 spiro atoms. The summed E-state index contributed by atoms with van der Waals surface area (Å²) in [6, 6.07) is 11.2. The van der Waals surface area contributed by atoms with E-state index in [1.54, 1.807) is 24.3 Å². The molecule has 38 heavy (non-hydrogen) atoms. The SMILES string of the molecule is O=C(Nc1ccc(N2CCCN(C(=O)C3CCCC3)CC2)c(C(=O)N2CCCCC2)c1)c1ccccc1F. The predicted molar refractivity (Wildman–Crippen MR) is 146 cm³/mol. The predicted octanol–water partition coefficient (Wildman–Crippen LogP) is 4.93. The lowest BCUT2D eigenvalue weighted by molar-refractivity contribution is -0.135. The molecule has 3 fully saturated rings. The molecule has 1 N–H and O–H groups in total. The van der Waals surface area contributed by atoms with Crippen LogP contribution < -0.4 is 10.2 Å². The van der Waals surface area contributed by atoms with E-state index in [0.717, 1.165) is 70.1 Å². The minimum Gasteiger partial charge on any atom is -0.369 e. The minimum absolute atomic E-state index is 0.0416. The zero-order valence-electron chi connectivity index (χ0n) is 22.0. The van der Waals surface area contributed by atoms with Gasteiger partial charge in [0.05, 0.1) is 11.1 Å². The summed E-state index contributed by atoms with van der Waals surface area (Å²) in [7, 11) is 0. The smallest absolute Gasteiger partial charge is 0.258 e. The molecule has 0 radical (unpaired) electrons. The summed E-state index contributed by atoms with van der Waals surface area (Å²) in [4.78, 5) is 45.6. The Hall–Kier alpha value is -3.42. The molecule has 2 heterocycles. The third kappa shape index (κ3) is 5.84. The van der Waals surface area contributed by atoms with Crippen molar-refractivity contribution in [1.29, 1.82) is 0 Å². The topological polar surface area (TPSA) is 73.0 Å². The summed E-state index contributed by atoms with van der Waals surface area (Å²) in [5.74, 6) is -0.754. The molecule has 3 aliphatic rings. The van der Waals surface area contributed by atoms with Crippen molar-refractivity contribution in [2.75, 3.05) is 49.5 Å². The van der Waals surface area contributed by atoms with Crippen LogP contribution in [-0.4, -0.2) is 66.8 Å². The number of anilines is 2. The van der Waals surface area contributed by atoms with Gasteiger partial charge < -0.3 is 20.0 Å². The molecule has 0 bridgehead atoms. The van der Waals surface area contributed by atoms with Crippen molar-refractivity contribution >= 4 is 29.1 Å². The van der Waals surface area contributed by atoms with Gasteiger partial charge in [0.25, 0.3) is 11.8 Å². The van der Waals surface area contributed by atoms with E-state index in [0.29, 0.717) is 37.4 Å². The maximum Gasteiger partial charge on any atom is 0.258 e. The van der Waals surface area contributed by atoms with Crippen LogP contribution in [-0.2, 0) is 4.79 Å². The Labute approximate surface area is 224 Å². The molecule has 0 aromatic heterocycles. The average molecular weight is 521 g/mol. The number of rotatable bonds is 5. The Morgan fingerprint density at radius 2 is 1.47 bits per heavy atom. The lowest BCUT2D eigenvalue weighted by Crippen LogP contribution is -2.39. The molecule has 8 heteroatoms. The fourth-order valence-electron chi connectivity index (χ4n) is 5.98. The number of carbonyl (C=O) groups excluding carboxylic acids is 3. The third-order valence-electron chi connectivity index (χ3n) is 8.10. The summed E-state index contributed by atoms with van der Waals surface area (Å²) in [5.41, 5.74) is 1.77. The number of hydrogen-bond donors (Lipinski definition) is 1. The van der Waals surface area contributed by atoms with Crippen molar-refractivity contribution in [3.05, 3.63) is 59.4 Å². The molecule has 5 rings (SSSR count). The van der Waals surface area contributed by atoms with Gasteiger partial charge in [0.2, 0.25) is 5.91 Å². The highest BCUT2D eigenvalue weighted by molar-refractivity contribution is 6.06. The monoisotopic (exact) mass is 520 g/mol. The summed E-state index contributed by atoms with van der Waals surface area (Å²) in [6.45, 7) is 4.20. The van der Waals surface area contributed by atoms with Crippen LogP contribution in [0.25, 0.3) is 0 Å². The quantitative estimate of drug-likeness (QED) is 0.607. The lowest BCUT2D eigenvalue weighted by Gasteiger charge is -2.31. The van der Waals surface area contributed by atoms with Gasteiger partial charge in [0, 0.05) is 56.6 Å². The molecule has 0 unspecified atom stereocenters. The van der Waals surface area contributed by atoms with Crippen molar-refractivity contribution < 1.29 is 18.8 Å². The fraction of sp³-hybridized carbons (Fsp3) is 0.500. The highest BCUT2D eigenvalue weighted by Gasteiger charge is 2.30. The summed E-state index contributed by atoms with van der Waals surface area (Å²) in [5, 5.41) is 2.77. The summed E-state index contributed by atoms with van der Waals surface area (Å²) in [6.07, 6.45) is 8.17. The molecule has 1 aliphatic carbocycles. The van der Waals surface area contributed by atoms with Crippen molar-refractivity contribution in [3.63, 3.8) is 0 Å². The van der Waals surface area contributed by atoms with E-state index < -0.39 is 11.7 Å². The van der Waals surface area contributed by atoms with Crippen LogP contribution in [0.15, 0.2) is 42.5 Å². The number of likely N-dealkylation sites (tertiary alicyclic amines) is 1. The van der Waals surface area contributed by atoms with E-state index in [-0.39, 0.29) is 23.3 Å². The van der Waals surface area contributed by atoms with Crippen molar-refractivity contribution in [2.24, 2.45) is 5.92 Å². The van der Waals surface area contributed by atoms with Crippen LogP contribution >= 0.6 is 0 Å². The van der Waals surface area contributed by atoms with Crippen molar-refractivity contribution in [1.82, 2.24) is 9.80 Å². The first-order valence-electron chi connectivity index (χ1n) is 14.0. The first-order valence-corrected chi connectivity index (χ1v) is 14.0. The van der Waals surface area contributed by atoms with Crippen LogP contribution in [0, 0.1) is 11.7 Å². The number of hydrogen-bond acceptors (Lipinski definition) is 4. The molecular formula is C30H37FN4O3. The van der Waals surface area contributed by atoms with E-state index >= 15 is 0 Å². The Morgan fingerprint density at radius 3 is 2.24 bits per heavy atom. The number of nitrogens with zero attached hydrogens (tertiary/aromatic N) is 3. The standard InChI is InChI=1S/C30H37FN4O3/c31-26-12-5-4-11-24(26)28(36)32-23-13-14-27(25(21-23)30(38)34-15-6-1-7-16-34)33-17-8-18-35(20-19-33)29(37)22-9-2-3-10-22/h4-5,11-14,21-22H,1-3,6-10,15-20H2,(H,32,36). The Bertz CT molecular complexity index is 1170. The second-order valence-electron chi connectivity index (χ2n) is 10.7. The number of halogens is 1. The Morgan fingerprint density at radius 1 is 0.737 bits per heavy atom. The molecule has 2 aliphatic heterocycles. The van der Waals surface area contributed by atoms with Gasteiger partial charge in [-0.3, -0.25) is 14.4 Å². The third-order valence-corrected chi connectivity index (χ3v) is 8.10. The van der Waals surface area contributed by atoms with Crippen molar-refractivity contribution in [3.8, 4) is 0 Å². The van der Waals surface area contributed by atoms with Gasteiger partial charge in [-0.15, -0.1) is 0 Å². The minimum atomic E-state index is -0.590. The van der Waals surface area contributed by atoms with Gasteiger partial charge in [-0.05, 0) is 68.9 Å². The summed E-state index contributed by atoms with van der Waals surface area (Å²) >= 11 is 0. The fourth-order valence-corrected chi connectivity index (χ4v) is 5.98. The first-order chi connectivity index (χ1) is 18.5. The Balaban J connectivity index is 1.38. The van der Waals surface area contributed by atoms with E-state index in [1.807, 2.05) is 15.9 Å². The van der Waals surface area contributed by atoms with Gasteiger partial charge >= 0.3 is 0 Å². The van der Waals surface area contributed by atoms with Gasteiger partial charge in [-0.2, -0.15) is 0 Å².